The number of benzene rings is 2. The number of anilines is 1. The van der Waals surface area contributed by atoms with E-state index in [2.05, 4.69) is 10.3 Å². The number of rotatable bonds is 5. The van der Waals surface area contributed by atoms with E-state index in [4.69, 9.17) is 16.3 Å². The second kappa shape index (κ2) is 7.72. The molecule has 0 saturated heterocycles. The van der Waals surface area contributed by atoms with Gasteiger partial charge in [0.2, 0.25) is 0 Å². The highest BCUT2D eigenvalue weighted by atomic mass is 35.5. The standard InChI is InChI=1S/C20H19ClN2O3/c1-12(24)10-22-19-18-15(4-3-5-16(18)20(25)26-2)17(11-23-19)13-6-8-14(21)9-7-13/h3-9,11-12,24H,10H2,1-2H3,(H,22,23). The minimum Gasteiger partial charge on any atom is -0.465 e. The van der Waals surface area contributed by atoms with Crippen molar-refractivity contribution in [2.24, 2.45) is 0 Å². The van der Waals surface area contributed by atoms with Gasteiger partial charge >= 0.3 is 5.97 Å². The molecule has 0 amide bonds. The summed E-state index contributed by atoms with van der Waals surface area (Å²) in [4.78, 5) is 16.8. The normalized spacial score (nSPS) is 12.0. The third-order valence-electron chi connectivity index (χ3n) is 4.04. The van der Waals surface area contributed by atoms with Crippen LogP contribution in [0.5, 0.6) is 0 Å². The molecule has 0 saturated carbocycles. The van der Waals surface area contributed by atoms with Gasteiger partial charge in [0.25, 0.3) is 0 Å². The molecular formula is C20H19ClN2O3. The van der Waals surface area contributed by atoms with Gasteiger partial charge in [0.05, 0.1) is 18.8 Å². The van der Waals surface area contributed by atoms with E-state index in [-0.39, 0.29) is 0 Å². The third-order valence-corrected chi connectivity index (χ3v) is 4.29. The number of aromatic nitrogens is 1. The molecule has 0 aliphatic carbocycles. The SMILES string of the molecule is COC(=O)c1cccc2c(-c3ccc(Cl)cc3)cnc(NCC(C)O)c12. The molecule has 1 aromatic heterocycles. The lowest BCUT2D eigenvalue weighted by Crippen LogP contribution is -2.17. The van der Waals surface area contributed by atoms with Gasteiger partial charge in [-0.3, -0.25) is 0 Å². The summed E-state index contributed by atoms with van der Waals surface area (Å²) in [6.07, 6.45) is 1.20. The molecule has 0 aliphatic rings. The fourth-order valence-electron chi connectivity index (χ4n) is 2.81. The lowest BCUT2D eigenvalue weighted by molar-refractivity contribution is 0.0603. The lowest BCUT2D eigenvalue weighted by atomic mass is 9.97. The van der Waals surface area contributed by atoms with Crippen LogP contribution in [0.2, 0.25) is 5.02 Å². The number of halogens is 1. The van der Waals surface area contributed by atoms with Gasteiger partial charge in [-0.05, 0) is 36.1 Å². The van der Waals surface area contributed by atoms with Gasteiger partial charge in [-0.25, -0.2) is 9.78 Å². The average molecular weight is 371 g/mol. The Hall–Kier alpha value is -2.63. The maximum absolute atomic E-state index is 12.3. The molecule has 0 radical (unpaired) electrons. The van der Waals surface area contributed by atoms with E-state index < -0.39 is 12.1 Å². The van der Waals surface area contributed by atoms with Crippen LogP contribution in [0, 0.1) is 0 Å². The average Bonchev–Trinajstić information content (AvgIpc) is 2.65. The molecule has 0 spiro atoms. The molecule has 1 heterocycles. The predicted octanol–water partition coefficient (Wildman–Crippen LogP) is 4.13. The van der Waals surface area contributed by atoms with E-state index in [9.17, 15) is 9.90 Å². The van der Waals surface area contributed by atoms with Crippen molar-refractivity contribution in [2.45, 2.75) is 13.0 Å². The first-order chi connectivity index (χ1) is 12.5. The number of nitrogens with one attached hydrogen (secondary N) is 1. The van der Waals surface area contributed by atoms with Crippen LogP contribution in [-0.2, 0) is 4.74 Å². The number of fused-ring (bicyclic) bond motifs is 1. The fourth-order valence-corrected chi connectivity index (χ4v) is 2.94. The summed E-state index contributed by atoms with van der Waals surface area (Å²) in [7, 11) is 1.35. The van der Waals surface area contributed by atoms with Gasteiger partial charge < -0.3 is 15.2 Å². The first kappa shape index (κ1) is 18.2. The zero-order chi connectivity index (χ0) is 18.7. The quantitative estimate of drug-likeness (QED) is 0.660. The number of esters is 1. The van der Waals surface area contributed by atoms with Crippen molar-refractivity contribution in [1.29, 1.82) is 0 Å². The molecule has 2 N–H and O–H groups in total. The molecule has 0 fully saturated rings. The van der Waals surface area contributed by atoms with Gasteiger partial charge in [0.15, 0.2) is 0 Å². The molecule has 1 atom stereocenters. The van der Waals surface area contributed by atoms with Crippen LogP contribution in [0.3, 0.4) is 0 Å². The van der Waals surface area contributed by atoms with E-state index in [1.54, 1.807) is 19.2 Å². The summed E-state index contributed by atoms with van der Waals surface area (Å²) < 4.78 is 4.92. The predicted molar refractivity (Wildman–Crippen MR) is 104 cm³/mol. The Morgan fingerprint density at radius 3 is 2.65 bits per heavy atom. The zero-order valence-corrected chi connectivity index (χ0v) is 15.2. The van der Waals surface area contributed by atoms with Gasteiger partial charge in [-0.2, -0.15) is 0 Å². The third kappa shape index (κ3) is 3.64. The number of ether oxygens (including phenoxy) is 1. The summed E-state index contributed by atoms with van der Waals surface area (Å²) in [5, 5.41) is 14.8. The van der Waals surface area contributed by atoms with Crippen molar-refractivity contribution >= 4 is 34.2 Å². The molecule has 0 bridgehead atoms. The van der Waals surface area contributed by atoms with Crippen molar-refractivity contribution in [3.8, 4) is 11.1 Å². The van der Waals surface area contributed by atoms with E-state index in [0.717, 1.165) is 16.5 Å². The Morgan fingerprint density at radius 2 is 2.00 bits per heavy atom. The number of carbonyl (C=O) groups is 1. The first-order valence-corrected chi connectivity index (χ1v) is 8.57. The number of aliphatic hydroxyl groups is 1. The molecule has 134 valence electrons. The number of methoxy groups -OCH3 is 1. The summed E-state index contributed by atoms with van der Waals surface area (Å²) in [6.45, 7) is 2.00. The van der Waals surface area contributed by atoms with E-state index in [1.165, 1.54) is 7.11 Å². The molecule has 3 rings (SSSR count). The van der Waals surface area contributed by atoms with Gasteiger partial charge in [0.1, 0.15) is 5.82 Å². The van der Waals surface area contributed by atoms with Crippen LogP contribution in [0.4, 0.5) is 5.82 Å². The second-order valence-electron chi connectivity index (χ2n) is 5.98. The Kier molecular flexibility index (Phi) is 5.40. The molecular weight excluding hydrogens is 352 g/mol. The molecule has 2 aromatic carbocycles. The van der Waals surface area contributed by atoms with Crippen molar-refractivity contribution in [2.75, 3.05) is 19.0 Å². The number of hydrogen-bond donors (Lipinski definition) is 2. The topological polar surface area (TPSA) is 71.5 Å². The highest BCUT2D eigenvalue weighted by Gasteiger charge is 2.17. The number of carbonyl (C=O) groups excluding carboxylic acids is 1. The van der Waals surface area contributed by atoms with E-state index >= 15 is 0 Å². The summed E-state index contributed by atoms with van der Waals surface area (Å²) in [6, 6.07) is 12.9. The van der Waals surface area contributed by atoms with Crippen LogP contribution in [0.25, 0.3) is 21.9 Å². The maximum Gasteiger partial charge on any atom is 0.338 e. The van der Waals surface area contributed by atoms with Gasteiger partial charge in [0, 0.05) is 28.7 Å². The van der Waals surface area contributed by atoms with Crippen LogP contribution in [-0.4, -0.2) is 35.8 Å². The monoisotopic (exact) mass is 370 g/mol. The summed E-state index contributed by atoms with van der Waals surface area (Å²) in [5.74, 6) is 0.0883. The summed E-state index contributed by atoms with van der Waals surface area (Å²) in [5.41, 5.74) is 2.24. The first-order valence-electron chi connectivity index (χ1n) is 8.19. The summed E-state index contributed by atoms with van der Waals surface area (Å²) >= 11 is 5.99. The van der Waals surface area contributed by atoms with Crippen LogP contribution in [0.15, 0.2) is 48.7 Å². The van der Waals surface area contributed by atoms with Crippen molar-refractivity contribution in [3.63, 3.8) is 0 Å². The van der Waals surface area contributed by atoms with Crippen molar-refractivity contribution in [1.82, 2.24) is 4.98 Å². The van der Waals surface area contributed by atoms with Crippen molar-refractivity contribution < 1.29 is 14.6 Å². The molecule has 26 heavy (non-hydrogen) atoms. The highest BCUT2D eigenvalue weighted by Crippen LogP contribution is 2.34. The minimum atomic E-state index is -0.548. The Morgan fingerprint density at radius 1 is 1.27 bits per heavy atom. The lowest BCUT2D eigenvalue weighted by Gasteiger charge is -2.15. The minimum absolute atomic E-state index is 0.317. The zero-order valence-electron chi connectivity index (χ0n) is 14.5. The van der Waals surface area contributed by atoms with E-state index in [1.807, 2.05) is 36.4 Å². The fraction of sp³-hybridized carbons (Fsp3) is 0.200. The Balaban J connectivity index is 2.24. The number of nitrogens with zero attached hydrogens (tertiary/aromatic N) is 1. The second-order valence-corrected chi connectivity index (χ2v) is 6.41. The Labute approximate surface area is 156 Å². The smallest absolute Gasteiger partial charge is 0.338 e. The molecule has 3 aromatic rings. The largest absolute Gasteiger partial charge is 0.465 e. The maximum atomic E-state index is 12.3. The molecule has 6 heteroatoms. The number of pyridine rings is 1. The Bertz CT molecular complexity index is 940. The van der Waals surface area contributed by atoms with Gasteiger partial charge in [-0.15, -0.1) is 0 Å². The van der Waals surface area contributed by atoms with Crippen LogP contribution < -0.4 is 5.32 Å². The molecule has 5 nitrogen and oxygen atoms in total. The molecule has 1 unspecified atom stereocenters. The molecule has 0 aliphatic heterocycles. The number of aliphatic hydroxyl groups excluding tert-OH is 1. The van der Waals surface area contributed by atoms with Crippen LogP contribution >= 0.6 is 11.6 Å². The van der Waals surface area contributed by atoms with E-state index in [0.29, 0.717) is 28.3 Å². The highest BCUT2D eigenvalue weighted by molar-refractivity contribution is 6.30. The van der Waals surface area contributed by atoms with Crippen molar-refractivity contribution in [3.05, 3.63) is 59.2 Å². The van der Waals surface area contributed by atoms with Gasteiger partial charge in [-0.1, -0.05) is 35.9 Å². The van der Waals surface area contributed by atoms with Crippen LogP contribution in [0.1, 0.15) is 17.3 Å². The number of hydrogen-bond acceptors (Lipinski definition) is 5.